The molecule has 21 heavy (non-hydrogen) atoms. The fourth-order valence-electron chi connectivity index (χ4n) is 2.20. The number of aromatic nitrogens is 5. The molecular formula is C15H18N6. The van der Waals surface area contributed by atoms with Crippen molar-refractivity contribution in [1.29, 1.82) is 0 Å². The lowest BCUT2D eigenvalue weighted by molar-refractivity contribution is 0.653. The molecule has 0 fully saturated rings. The molecule has 1 N–H and O–H groups in total. The first-order chi connectivity index (χ1) is 10.3. The molecule has 3 rings (SSSR count). The summed E-state index contributed by atoms with van der Waals surface area (Å²) in [6.45, 7) is 5.65. The molecule has 0 saturated heterocycles. The fraction of sp³-hybridized carbons (Fsp3) is 0.267. The number of nitrogens with zero attached hydrogens (tertiary/aromatic N) is 5. The molecule has 0 aliphatic rings. The lowest BCUT2D eigenvalue weighted by Gasteiger charge is -2.08. The maximum absolute atomic E-state index is 4.44. The van der Waals surface area contributed by atoms with Crippen LogP contribution in [0.15, 0.2) is 42.9 Å². The van der Waals surface area contributed by atoms with Crippen molar-refractivity contribution in [2.75, 3.05) is 5.32 Å². The molecule has 0 saturated carbocycles. The van der Waals surface area contributed by atoms with Gasteiger partial charge in [-0.1, -0.05) is 18.2 Å². The van der Waals surface area contributed by atoms with E-state index in [1.807, 2.05) is 46.5 Å². The highest BCUT2D eigenvalue weighted by atomic mass is 15.3. The van der Waals surface area contributed by atoms with E-state index in [1.54, 1.807) is 6.33 Å². The van der Waals surface area contributed by atoms with Crippen LogP contribution in [-0.2, 0) is 13.1 Å². The van der Waals surface area contributed by atoms with Gasteiger partial charge in [-0.2, -0.15) is 5.10 Å². The highest BCUT2D eigenvalue weighted by Crippen LogP contribution is 2.14. The van der Waals surface area contributed by atoms with E-state index in [2.05, 4.69) is 33.7 Å². The second-order valence-electron chi connectivity index (χ2n) is 4.81. The number of anilines is 1. The first-order valence-electron chi connectivity index (χ1n) is 7.00. The second kappa shape index (κ2) is 5.78. The first kappa shape index (κ1) is 13.4. The van der Waals surface area contributed by atoms with Crippen LogP contribution < -0.4 is 5.32 Å². The molecule has 2 heterocycles. The van der Waals surface area contributed by atoms with E-state index in [0.717, 1.165) is 23.9 Å². The zero-order chi connectivity index (χ0) is 14.7. The normalized spacial score (nSPS) is 10.8. The number of para-hydroxylation sites is 1. The molecule has 0 radical (unpaired) electrons. The van der Waals surface area contributed by atoms with E-state index in [9.17, 15) is 0 Å². The number of rotatable bonds is 5. The molecule has 3 aromatic rings. The van der Waals surface area contributed by atoms with E-state index < -0.39 is 0 Å². The summed E-state index contributed by atoms with van der Waals surface area (Å²) >= 11 is 0. The molecule has 0 aliphatic carbocycles. The third-order valence-corrected chi connectivity index (χ3v) is 3.39. The Kier molecular flexibility index (Phi) is 3.68. The Balaban J connectivity index is 1.77. The number of aryl methyl sites for hydroxylation is 2. The van der Waals surface area contributed by atoms with Gasteiger partial charge in [-0.25, -0.2) is 0 Å². The lowest BCUT2D eigenvalue weighted by Crippen LogP contribution is -2.06. The van der Waals surface area contributed by atoms with Gasteiger partial charge in [0.1, 0.15) is 6.33 Å². The third-order valence-electron chi connectivity index (χ3n) is 3.39. The summed E-state index contributed by atoms with van der Waals surface area (Å²) in [7, 11) is 0. The highest BCUT2D eigenvalue weighted by Gasteiger charge is 2.08. The van der Waals surface area contributed by atoms with Crippen LogP contribution in [0, 0.1) is 6.92 Å². The summed E-state index contributed by atoms with van der Waals surface area (Å²) in [6.07, 6.45) is 3.77. The van der Waals surface area contributed by atoms with Gasteiger partial charge >= 0.3 is 0 Å². The van der Waals surface area contributed by atoms with Crippen LogP contribution in [0.25, 0.3) is 5.69 Å². The molecule has 0 aliphatic heterocycles. The fourth-order valence-corrected chi connectivity index (χ4v) is 2.20. The van der Waals surface area contributed by atoms with E-state index in [-0.39, 0.29) is 0 Å². The van der Waals surface area contributed by atoms with E-state index in [4.69, 9.17) is 0 Å². The molecule has 6 nitrogen and oxygen atoms in total. The SMILES string of the molecule is CCn1cc(CNc2nncn2-c2ccccc2)c(C)n1. The molecule has 108 valence electrons. The predicted octanol–water partition coefficient (Wildman–Crippen LogP) is 2.40. The van der Waals surface area contributed by atoms with Gasteiger partial charge in [0, 0.05) is 24.8 Å². The summed E-state index contributed by atoms with van der Waals surface area (Å²) in [4.78, 5) is 0. The van der Waals surface area contributed by atoms with Crippen LogP contribution in [0.3, 0.4) is 0 Å². The number of hydrogen-bond donors (Lipinski definition) is 1. The standard InChI is InChI=1S/C15H18N6/c1-3-20-10-13(12(2)19-20)9-16-15-18-17-11-21(15)14-7-5-4-6-8-14/h4-8,10-11H,3,9H2,1-2H3,(H,16,18). The minimum absolute atomic E-state index is 0.678. The Hall–Kier alpha value is -2.63. The highest BCUT2D eigenvalue weighted by molar-refractivity contribution is 5.40. The average molecular weight is 282 g/mol. The van der Waals surface area contributed by atoms with E-state index in [0.29, 0.717) is 6.54 Å². The van der Waals surface area contributed by atoms with Crippen LogP contribution in [-0.4, -0.2) is 24.5 Å². The van der Waals surface area contributed by atoms with Gasteiger partial charge in [0.15, 0.2) is 0 Å². The Morgan fingerprint density at radius 3 is 2.71 bits per heavy atom. The molecule has 0 unspecified atom stereocenters. The molecule has 2 aromatic heterocycles. The van der Waals surface area contributed by atoms with Crippen LogP contribution in [0.2, 0.25) is 0 Å². The Bertz CT molecular complexity index is 713. The van der Waals surface area contributed by atoms with Crippen LogP contribution in [0.5, 0.6) is 0 Å². The minimum atomic E-state index is 0.678. The van der Waals surface area contributed by atoms with E-state index in [1.165, 1.54) is 5.56 Å². The van der Waals surface area contributed by atoms with Gasteiger partial charge in [-0.3, -0.25) is 9.25 Å². The smallest absolute Gasteiger partial charge is 0.229 e. The summed E-state index contributed by atoms with van der Waals surface area (Å²) in [5.41, 5.74) is 3.24. The van der Waals surface area contributed by atoms with E-state index >= 15 is 0 Å². The van der Waals surface area contributed by atoms with Gasteiger partial charge in [-0.05, 0) is 26.0 Å². The van der Waals surface area contributed by atoms with Crippen molar-refractivity contribution < 1.29 is 0 Å². The number of hydrogen-bond acceptors (Lipinski definition) is 4. The van der Waals surface area contributed by atoms with Crippen molar-refractivity contribution in [1.82, 2.24) is 24.5 Å². The molecule has 0 atom stereocenters. The van der Waals surface area contributed by atoms with Crippen LogP contribution in [0.1, 0.15) is 18.2 Å². The molecule has 6 heteroatoms. The van der Waals surface area contributed by atoms with Gasteiger partial charge in [0.25, 0.3) is 0 Å². The van der Waals surface area contributed by atoms with Gasteiger partial charge < -0.3 is 5.32 Å². The summed E-state index contributed by atoms with van der Waals surface area (Å²) in [6, 6.07) is 10.0. The van der Waals surface area contributed by atoms with Crippen molar-refractivity contribution in [3.63, 3.8) is 0 Å². The van der Waals surface area contributed by atoms with Gasteiger partial charge in [-0.15, -0.1) is 10.2 Å². The third kappa shape index (κ3) is 2.79. The topological polar surface area (TPSA) is 60.6 Å². The Morgan fingerprint density at radius 2 is 2.00 bits per heavy atom. The molecule has 0 spiro atoms. The minimum Gasteiger partial charge on any atom is -0.350 e. The molecular weight excluding hydrogens is 264 g/mol. The number of nitrogens with one attached hydrogen (secondary N) is 1. The average Bonchev–Trinajstić information content (AvgIpc) is 3.12. The quantitative estimate of drug-likeness (QED) is 0.780. The van der Waals surface area contributed by atoms with Crippen molar-refractivity contribution in [3.05, 3.63) is 54.1 Å². The van der Waals surface area contributed by atoms with Crippen LogP contribution in [0.4, 0.5) is 5.95 Å². The van der Waals surface area contributed by atoms with Crippen molar-refractivity contribution in [2.45, 2.75) is 26.9 Å². The maximum atomic E-state index is 4.44. The zero-order valence-electron chi connectivity index (χ0n) is 12.2. The first-order valence-corrected chi connectivity index (χ1v) is 7.00. The maximum Gasteiger partial charge on any atom is 0.229 e. The monoisotopic (exact) mass is 282 g/mol. The Morgan fingerprint density at radius 1 is 1.19 bits per heavy atom. The summed E-state index contributed by atoms with van der Waals surface area (Å²) in [5, 5.41) is 15.9. The van der Waals surface area contributed by atoms with Gasteiger partial charge in [0.2, 0.25) is 5.95 Å². The van der Waals surface area contributed by atoms with Gasteiger partial charge in [0.05, 0.1) is 11.4 Å². The predicted molar refractivity (Wildman–Crippen MR) is 81.3 cm³/mol. The van der Waals surface area contributed by atoms with Crippen molar-refractivity contribution in [2.24, 2.45) is 0 Å². The summed E-state index contributed by atoms with van der Waals surface area (Å²) < 4.78 is 3.87. The zero-order valence-corrected chi connectivity index (χ0v) is 12.2. The summed E-state index contributed by atoms with van der Waals surface area (Å²) in [5.74, 6) is 0.727. The molecule has 0 bridgehead atoms. The van der Waals surface area contributed by atoms with Crippen LogP contribution >= 0.6 is 0 Å². The van der Waals surface area contributed by atoms with Crippen molar-refractivity contribution >= 4 is 5.95 Å². The largest absolute Gasteiger partial charge is 0.350 e. The second-order valence-corrected chi connectivity index (χ2v) is 4.81. The molecule has 1 aromatic carbocycles. The Labute approximate surface area is 123 Å². The molecule has 0 amide bonds. The lowest BCUT2D eigenvalue weighted by atomic mass is 10.2. The van der Waals surface area contributed by atoms with Crippen molar-refractivity contribution in [3.8, 4) is 5.69 Å². The number of benzene rings is 1.